The van der Waals surface area contributed by atoms with Crippen LogP contribution in [0.2, 0.25) is 0 Å². The van der Waals surface area contributed by atoms with Crippen LogP contribution in [0.25, 0.3) is 67.4 Å². The van der Waals surface area contributed by atoms with Gasteiger partial charge in [-0.25, -0.2) is 0 Å². The Hall–Kier alpha value is -4.94. The van der Waals surface area contributed by atoms with Crippen LogP contribution in [-0.4, -0.2) is 0 Å². The van der Waals surface area contributed by atoms with Crippen LogP contribution < -0.4 is 0 Å². The van der Waals surface area contributed by atoms with Crippen molar-refractivity contribution < 1.29 is 0 Å². The minimum atomic E-state index is -0.109. The van der Waals surface area contributed by atoms with E-state index in [2.05, 4.69) is 150 Å². The Labute approximate surface area is 261 Å². The van der Waals surface area contributed by atoms with Crippen LogP contribution >= 0.6 is 0 Å². The van der Waals surface area contributed by atoms with E-state index in [9.17, 15) is 0 Å². The SMILES string of the molecule is C=Cc1ccc2ccc(-c3ccc4c(c3)C(C)(C)c3cc(-c5ccc6c(c5)C(C)(C)c5ccccc5-6)ccc3-4)cc2c1C=C. The summed E-state index contributed by atoms with van der Waals surface area (Å²) in [7, 11) is 0. The summed E-state index contributed by atoms with van der Waals surface area (Å²) in [4.78, 5) is 0. The largest absolute Gasteiger partial charge is 0.0984 e. The van der Waals surface area contributed by atoms with E-state index in [-0.39, 0.29) is 10.8 Å². The standard InChI is InChI=1S/C44H36/c1-7-27-13-14-28-15-16-29(23-38(28)33(27)8-2)30-17-21-36-37-22-19-32(26-42(37)44(5,6)41(36)24-30)31-18-20-35-34-11-9-10-12-39(34)43(3,4)40(35)25-31/h7-26H,1-2H2,3-6H3. The number of hydrogen-bond donors (Lipinski definition) is 0. The van der Waals surface area contributed by atoms with Gasteiger partial charge < -0.3 is 0 Å². The zero-order valence-electron chi connectivity index (χ0n) is 26.0. The average molecular weight is 565 g/mol. The minimum absolute atomic E-state index is 0.00692. The van der Waals surface area contributed by atoms with Crippen molar-refractivity contribution in [3.8, 4) is 44.5 Å². The molecule has 6 aromatic carbocycles. The Kier molecular flexibility index (Phi) is 5.62. The van der Waals surface area contributed by atoms with Gasteiger partial charge in [-0.2, -0.15) is 0 Å². The van der Waals surface area contributed by atoms with Crippen molar-refractivity contribution in [2.24, 2.45) is 0 Å². The van der Waals surface area contributed by atoms with Crippen molar-refractivity contribution in [1.82, 2.24) is 0 Å². The molecule has 0 aliphatic heterocycles. The molecule has 212 valence electrons. The predicted octanol–water partition coefficient (Wildman–Crippen LogP) is 12.1. The van der Waals surface area contributed by atoms with Gasteiger partial charge in [0.15, 0.2) is 0 Å². The van der Waals surface area contributed by atoms with E-state index in [0.717, 1.165) is 11.1 Å². The molecule has 0 saturated heterocycles. The molecule has 0 amide bonds. The normalized spacial score (nSPS) is 14.9. The zero-order chi connectivity index (χ0) is 30.4. The van der Waals surface area contributed by atoms with Gasteiger partial charge in [-0.15, -0.1) is 0 Å². The number of hydrogen-bond acceptors (Lipinski definition) is 0. The third kappa shape index (κ3) is 3.64. The molecule has 2 aliphatic carbocycles. The van der Waals surface area contributed by atoms with E-state index in [1.807, 2.05) is 12.2 Å². The molecular weight excluding hydrogens is 528 g/mol. The molecule has 0 saturated carbocycles. The second kappa shape index (κ2) is 9.28. The van der Waals surface area contributed by atoms with Crippen LogP contribution in [0.3, 0.4) is 0 Å². The van der Waals surface area contributed by atoms with Crippen LogP contribution in [-0.2, 0) is 10.8 Å². The van der Waals surface area contributed by atoms with E-state index < -0.39 is 0 Å². The average Bonchev–Trinajstić information content (AvgIpc) is 3.42. The van der Waals surface area contributed by atoms with Crippen molar-refractivity contribution in [3.05, 3.63) is 156 Å². The quantitative estimate of drug-likeness (QED) is 0.200. The van der Waals surface area contributed by atoms with Crippen molar-refractivity contribution in [3.63, 3.8) is 0 Å². The van der Waals surface area contributed by atoms with Gasteiger partial charge in [-0.05, 0) is 113 Å². The number of benzene rings is 6. The molecular formula is C44H36. The van der Waals surface area contributed by atoms with E-state index in [0.29, 0.717) is 0 Å². The maximum Gasteiger partial charge on any atom is 0.0159 e. The summed E-state index contributed by atoms with van der Waals surface area (Å²) in [6.45, 7) is 17.6. The summed E-state index contributed by atoms with van der Waals surface area (Å²) in [5.41, 5.74) is 18.2. The molecule has 0 aromatic heterocycles. The summed E-state index contributed by atoms with van der Waals surface area (Å²) in [6.07, 6.45) is 3.86. The van der Waals surface area contributed by atoms with Gasteiger partial charge in [0.25, 0.3) is 0 Å². The van der Waals surface area contributed by atoms with Crippen LogP contribution in [0.1, 0.15) is 61.1 Å². The lowest BCUT2D eigenvalue weighted by molar-refractivity contribution is 0.659. The maximum absolute atomic E-state index is 4.10. The van der Waals surface area contributed by atoms with Gasteiger partial charge in [-0.1, -0.05) is 138 Å². The van der Waals surface area contributed by atoms with Crippen molar-refractivity contribution in [2.45, 2.75) is 38.5 Å². The molecule has 6 aromatic rings. The summed E-state index contributed by atoms with van der Waals surface area (Å²) in [5.74, 6) is 0. The molecule has 0 heterocycles. The molecule has 0 unspecified atom stereocenters. The summed E-state index contributed by atoms with van der Waals surface area (Å²) < 4.78 is 0. The van der Waals surface area contributed by atoms with Crippen LogP contribution in [0.4, 0.5) is 0 Å². The van der Waals surface area contributed by atoms with Crippen molar-refractivity contribution in [1.29, 1.82) is 0 Å². The molecule has 44 heavy (non-hydrogen) atoms. The molecule has 0 heteroatoms. The van der Waals surface area contributed by atoms with Crippen molar-refractivity contribution in [2.75, 3.05) is 0 Å². The molecule has 0 N–H and O–H groups in total. The predicted molar refractivity (Wildman–Crippen MR) is 190 cm³/mol. The first-order valence-electron chi connectivity index (χ1n) is 15.6. The summed E-state index contributed by atoms with van der Waals surface area (Å²) in [6, 6.07) is 41.1. The molecule has 0 fully saturated rings. The lowest BCUT2D eigenvalue weighted by Gasteiger charge is -2.23. The fourth-order valence-electron chi connectivity index (χ4n) is 7.93. The fraction of sp³-hybridized carbons (Fsp3) is 0.136. The Morgan fingerprint density at radius 1 is 0.455 bits per heavy atom. The first-order valence-corrected chi connectivity index (χ1v) is 15.6. The Morgan fingerprint density at radius 3 is 1.45 bits per heavy atom. The Balaban J connectivity index is 1.20. The van der Waals surface area contributed by atoms with Gasteiger partial charge >= 0.3 is 0 Å². The van der Waals surface area contributed by atoms with Gasteiger partial charge in [0.1, 0.15) is 0 Å². The lowest BCUT2D eigenvalue weighted by atomic mass is 9.80. The van der Waals surface area contributed by atoms with E-state index >= 15 is 0 Å². The van der Waals surface area contributed by atoms with Crippen molar-refractivity contribution >= 4 is 22.9 Å². The van der Waals surface area contributed by atoms with E-state index in [1.54, 1.807) is 0 Å². The fourth-order valence-corrected chi connectivity index (χ4v) is 7.93. The molecule has 0 radical (unpaired) electrons. The van der Waals surface area contributed by atoms with Gasteiger partial charge in [0, 0.05) is 10.8 Å². The highest BCUT2D eigenvalue weighted by Crippen LogP contribution is 2.52. The van der Waals surface area contributed by atoms with Gasteiger partial charge in [0.05, 0.1) is 0 Å². The maximum atomic E-state index is 4.10. The van der Waals surface area contributed by atoms with Gasteiger partial charge in [0.2, 0.25) is 0 Å². The zero-order valence-corrected chi connectivity index (χ0v) is 26.0. The molecule has 8 rings (SSSR count). The van der Waals surface area contributed by atoms with E-state index in [4.69, 9.17) is 0 Å². The van der Waals surface area contributed by atoms with Crippen LogP contribution in [0.15, 0.2) is 122 Å². The molecule has 0 spiro atoms. The molecule has 2 aliphatic rings. The van der Waals surface area contributed by atoms with Crippen LogP contribution in [0, 0.1) is 0 Å². The molecule has 0 bridgehead atoms. The van der Waals surface area contributed by atoms with Gasteiger partial charge in [-0.3, -0.25) is 0 Å². The summed E-state index contributed by atoms with van der Waals surface area (Å²) in [5, 5.41) is 2.43. The lowest BCUT2D eigenvalue weighted by Crippen LogP contribution is -2.15. The minimum Gasteiger partial charge on any atom is -0.0984 e. The highest BCUT2D eigenvalue weighted by Gasteiger charge is 2.37. The Bertz CT molecular complexity index is 2200. The monoisotopic (exact) mass is 564 g/mol. The molecule has 0 nitrogen and oxygen atoms in total. The highest BCUT2D eigenvalue weighted by atomic mass is 14.4. The van der Waals surface area contributed by atoms with Crippen LogP contribution in [0.5, 0.6) is 0 Å². The highest BCUT2D eigenvalue weighted by molar-refractivity contribution is 5.97. The second-order valence-electron chi connectivity index (χ2n) is 13.5. The topological polar surface area (TPSA) is 0 Å². The first-order chi connectivity index (χ1) is 21.2. The number of rotatable bonds is 4. The second-order valence-corrected chi connectivity index (χ2v) is 13.5. The Morgan fingerprint density at radius 2 is 0.909 bits per heavy atom. The first kappa shape index (κ1) is 26.7. The third-order valence-electron chi connectivity index (χ3n) is 10.4. The summed E-state index contributed by atoms with van der Waals surface area (Å²) >= 11 is 0. The van der Waals surface area contributed by atoms with E-state index in [1.165, 1.54) is 77.5 Å². The number of fused-ring (bicyclic) bond motifs is 7. The smallest absolute Gasteiger partial charge is 0.0159 e. The molecule has 0 atom stereocenters. The third-order valence-corrected chi connectivity index (χ3v) is 10.4.